The molecular weight excluding hydrogens is 795 g/mol. The summed E-state index contributed by atoms with van der Waals surface area (Å²) in [6, 6.07) is -0.644. The zero-order valence-corrected chi connectivity index (χ0v) is 44.0. The van der Waals surface area contributed by atoms with Crippen LogP contribution < -0.4 is 5.32 Å². The molecule has 0 saturated heterocycles. The van der Waals surface area contributed by atoms with Gasteiger partial charge in [0, 0.05) is 6.42 Å². The Morgan fingerprint density at radius 3 is 0.985 bits per heavy atom. The number of rotatable bonds is 54. The number of nitrogens with one attached hydrogen (secondary N) is 1. The van der Waals surface area contributed by atoms with Crippen molar-refractivity contribution >= 4 is 5.91 Å². The van der Waals surface area contributed by atoms with Crippen LogP contribution in [0.3, 0.4) is 0 Å². The Labute approximate surface area is 407 Å². The van der Waals surface area contributed by atoms with Crippen LogP contribution in [0.5, 0.6) is 0 Å². The van der Waals surface area contributed by atoms with Gasteiger partial charge in [-0.15, -0.1) is 0 Å². The summed E-state index contributed by atoms with van der Waals surface area (Å²) in [5.74, 6) is -0.0756. The molecule has 0 heterocycles. The number of hydrogen-bond acceptors (Lipinski definition) is 3. The second-order valence-electron chi connectivity index (χ2n) is 20.1. The van der Waals surface area contributed by atoms with E-state index in [1.54, 1.807) is 6.08 Å². The predicted octanol–water partition coefficient (Wildman–Crippen LogP) is 19.4. The fraction of sp³-hybridized carbons (Fsp3) is 0.852. The van der Waals surface area contributed by atoms with Crippen LogP contribution in [0.25, 0.3) is 0 Å². The first-order valence-electron chi connectivity index (χ1n) is 29.4. The molecule has 0 aromatic rings. The third-order valence-corrected chi connectivity index (χ3v) is 13.5. The minimum atomic E-state index is -0.866. The molecule has 0 aromatic carbocycles. The molecule has 0 radical (unpaired) electrons. The second kappa shape index (κ2) is 56.7. The molecule has 4 heteroatoms. The number of amides is 1. The molecule has 3 N–H and O–H groups in total. The molecule has 0 aromatic heterocycles. The van der Waals surface area contributed by atoms with E-state index in [9.17, 15) is 15.0 Å². The molecule has 2 unspecified atom stereocenters. The summed E-state index contributed by atoms with van der Waals surface area (Å²) in [4.78, 5) is 12.5. The maximum Gasteiger partial charge on any atom is 0.220 e. The fourth-order valence-corrected chi connectivity index (χ4v) is 9.05. The molecule has 0 spiro atoms. The van der Waals surface area contributed by atoms with E-state index in [0.29, 0.717) is 6.42 Å². The lowest BCUT2D eigenvalue weighted by Gasteiger charge is -2.19. The van der Waals surface area contributed by atoms with Gasteiger partial charge in [0.05, 0.1) is 18.8 Å². The first kappa shape index (κ1) is 63.4. The molecule has 4 nitrogen and oxygen atoms in total. The molecule has 0 bridgehead atoms. The number of hydrogen-bond donors (Lipinski definition) is 3. The third kappa shape index (κ3) is 53.2. The van der Waals surface area contributed by atoms with Crippen molar-refractivity contribution in [3.05, 3.63) is 48.6 Å². The van der Waals surface area contributed by atoms with E-state index in [4.69, 9.17) is 0 Å². The highest BCUT2D eigenvalue weighted by molar-refractivity contribution is 5.76. The van der Waals surface area contributed by atoms with Crippen molar-refractivity contribution in [3.8, 4) is 0 Å². The third-order valence-electron chi connectivity index (χ3n) is 13.5. The Kier molecular flexibility index (Phi) is 55.2. The molecule has 0 aliphatic heterocycles. The lowest BCUT2D eigenvalue weighted by molar-refractivity contribution is -0.123. The average molecular weight is 911 g/mol. The topological polar surface area (TPSA) is 69.6 Å². The van der Waals surface area contributed by atoms with Gasteiger partial charge in [-0.1, -0.05) is 294 Å². The Balaban J connectivity index is 3.50. The summed E-state index contributed by atoms with van der Waals surface area (Å²) in [6.07, 6.45) is 78.6. The van der Waals surface area contributed by atoms with Gasteiger partial charge >= 0.3 is 0 Å². The Morgan fingerprint density at radius 1 is 0.369 bits per heavy atom. The van der Waals surface area contributed by atoms with Crippen LogP contribution in [-0.4, -0.2) is 34.9 Å². The van der Waals surface area contributed by atoms with Gasteiger partial charge in [-0.05, 0) is 64.2 Å². The van der Waals surface area contributed by atoms with Gasteiger partial charge in [0.2, 0.25) is 5.91 Å². The number of aliphatic hydroxyl groups excluding tert-OH is 2. The van der Waals surface area contributed by atoms with Gasteiger partial charge in [-0.25, -0.2) is 0 Å². The molecule has 2 atom stereocenters. The van der Waals surface area contributed by atoms with Crippen LogP contribution in [0.1, 0.15) is 316 Å². The van der Waals surface area contributed by atoms with Crippen molar-refractivity contribution < 1.29 is 15.0 Å². The van der Waals surface area contributed by atoms with Crippen LogP contribution in [0.4, 0.5) is 0 Å². The smallest absolute Gasteiger partial charge is 0.220 e. The monoisotopic (exact) mass is 910 g/mol. The summed E-state index contributed by atoms with van der Waals surface area (Å²) in [6.45, 7) is 4.31. The van der Waals surface area contributed by atoms with E-state index in [1.165, 1.54) is 257 Å². The van der Waals surface area contributed by atoms with Crippen molar-refractivity contribution in [1.82, 2.24) is 5.32 Å². The van der Waals surface area contributed by atoms with Crippen LogP contribution in [0.2, 0.25) is 0 Å². The van der Waals surface area contributed by atoms with Gasteiger partial charge in [0.15, 0.2) is 0 Å². The van der Waals surface area contributed by atoms with Crippen molar-refractivity contribution in [2.75, 3.05) is 6.61 Å². The highest BCUT2D eigenvalue weighted by atomic mass is 16.3. The van der Waals surface area contributed by atoms with Gasteiger partial charge in [-0.3, -0.25) is 4.79 Å². The van der Waals surface area contributed by atoms with E-state index in [0.717, 1.165) is 38.5 Å². The molecule has 0 aliphatic rings. The summed E-state index contributed by atoms with van der Waals surface area (Å²) in [5, 5.41) is 23.2. The highest BCUT2D eigenvalue weighted by Gasteiger charge is 2.18. The Hall–Kier alpha value is -1.65. The largest absolute Gasteiger partial charge is 0.394 e. The maximum atomic E-state index is 12.5. The number of carbonyl (C=O) groups excluding carboxylic acids is 1. The predicted molar refractivity (Wildman–Crippen MR) is 290 cm³/mol. The minimum Gasteiger partial charge on any atom is -0.394 e. The lowest BCUT2D eigenvalue weighted by Crippen LogP contribution is -2.45. The van der Waals surface area contributed by atoms with Crippen LogP contribution >= 0.6 is 0 Å². The van der Waals surface area contributed by atoms with E-state index in [2.05, 4.69) is 55.6 Å². The first-order chi connectivity index (χ1) is 32.2. The molecule has 0 fully saturated rings. The minimum absolute atomic E-state index is 0.0756. The SMILES string of the molecule is CCCCCCC/C=C\C/C=C\CCCCCCCCCCCC(=O)NC(CO)C(O)/C=C/CC/C=C/CCCCCCCCCCCCCCCCCCCCCCCCCCCC. The van der Waals surface area contributed by atoms with Crippen LogP contribution in [0.15, 0.2) is 48.6 Å². The van der Waals surface area contributed by atoms with E-state index in [1.807, 2.05) is 6.08 Å². The zero-order valence-electron chi connectivity index (χ0n) is 44.0. The first-order valence-corrected chi connectivity index (χ1v) is 29.4. The van der Waals surface area contributed by atoms with E-state index >= 15 is 0 Å². The summed E-state index contributed by atoms with van der Waals surface area (Å²) < 4.78 is 0. The van der Waals surface area contributed by atoms with Crippen LogP contribution in [0, 0.1) is 0 Å². The average Bonchev–Trinajstić information content (AvgIpc) is 3.31. The molecule has 382 valence electrons. The van der Waals surface area contributed by atoms with Crippen LogP contribution in [-0.2, 0) is 4.79 Å². The Morgan fingerprint density at radius 2 is 0.646 bits per heavy atom. The number of carbonyl (C=O) groups is 1. The summed E-state index contributed by atoms with van der Waals surface area (Å²) >= 11 is 0. The number of allylic oxidation sites excluding steroid dienone is 7. The maximum absolute atomic E-state index is 12.5. The van der Waals surface area contributed by atoms with Gasteiger partial charge in [0.25, 0.3) is 0 Å². The molecule has 65 heavy (non-hydrogen) atoms. The number of aliphatic hydroxyl groups is 2. The molecule has 0 aliphatic carbocycles. The van der Waals surface area contributed by atoms with Gasteiger partial charge in [-0.2, -0.15) is 0 Å². The van der Waals surface area contributed by atoms with E-state index in [-0.39, 0.29) is 12.5 Å². The van der Waals surface area contributed by atoms with Crippen molar-refractivity contribution in [2.24, 2.45) is 0 Å². The zero-order chi connectivity index (χ0) is 47.0. The normalized spacial score (nSPS) is 13.1. The quantitative estimate of drug-likeness (QED) is 0.0421. The van der Waals surface area contributed by atoms with Gasteiger partial charge < -0.3 is 15.5 Å². The molecule has 1 amide bonds. The second-order valence-corrected chi connectivity index (χ2v) is 20.1. The van der Waals surface area contributed by atoms with Crippen molar-refractivity contribution in [3.63, 3.8) is 0 Å². The number of unbranched alkanes of at least 4 members (excludes halogenated alkanes) is 41. The Bertz CT molecular complexity index is 1030. The van der Waals surface area contributed by atoms with E-state index < -0.39 is 12.1 Å². The van der Waals surface area contributed by atoms with Gasteiger partial charge in [0.1, 0.15) is 0 Å². The lowest BCUT2D eigenvalue weighted by atomic mass is 10.0. The van der Waals surface area contributed by atoms with Crippen molar-refractivity contribution in [2.45, 2.75) is 328 Å². The summed E-state index contributed by atoms with van der Waals surface area (Å²) in [7, 11) is 0. The highest BCUT2D eigenvalue weighted by Crippen LogP contribution is 2.17. The van der Waals surface area contributed by atoms with Crippen molar-refractivity contribution in [1.29, 1.82) is 0 Å². The molecule has 0 rings (SSSR count). The summed E-state index contributed by atoms with van der Waals surface area (Å²) in [5.41, 5.74) is 0. The fourth-order valence-electron chi connectivity index (χ4n) is 9.05. The standard InChI is InChI=1S/C61H115NO3/c1-3-5-7-9-11-13-15-17-19-21-23-25-26-27-28-29-30-31-32-33-34-35-37-38-40-42-44-46-48-50-52-54-56-60(64)59(58-63)62-61(65)57-55-53-51-49-47-45-43-41-39-36-24-22-20-18-16-14-12-10-8-6-4-2/h16,18,22,24,46,48,54,56,59-60,63-64H,3-15,17,19-21,23,25-45,47,49-53,55,57-58H2,1-2H3,(H,62,65)/b18-16-,24-22-,48-46+,56-54+. The molecular formula is C61H115NO3. The molecule has 0 saturated carbocycles.